The summed E-state index contributed by atoms with van der Waals surface area (Å²) in [6, 6.07) is -12.4. The zero-order valence-corrected chi connectivity index (χ0v) is 67.5. The first-order valence-corrected chi connectivity index (χ1v) is 40.3. The Morgan fingerprint density at radius 3 is 1.32 bits per heavy atom. The van der Waals surface area contributed by atoms with Gasteiger partial charge in [0.15, 0.2) is 14.1 Å². The van der Waals surface area contributed by atoms with Gasteiger partial charge in [0.05, 0.1) is 25.0 Å². The minimum atomic E-state index is -3.94. The molecule has 0 unspecified atom stereocenters. The van der Waals surface area contributed by atoms with E-state index >= 15 is 28.8 Å². The monoisotopic (exact) mass is 1420 g/mol. The largest absolute Gasteiger partial charge is 0.411 e. The highest BCUT2D eigenvalue weighted by molar-refractivity contribution is 7.86. The third-order valence-corrected chi connectivity index (χ3v) is 24.6. The number of rotatable bonds is 21. The molecule has 1 rings (SSSR count). The highest BCUT2D eigenvalue weighted by atomic mass is 32.2. The minimum absolute atomic E-state index is 0.0156. The molecule has 27 heteroatoms. The first-order chi connectivity index (χ1) is 44.8. The first-order valence-electron chi connectivity index (χ1n) is 35.6. The van der Waals surface area contributed by atoms with Gasteiger partial charge in [-0.25, -0.2) is 0 Å². The van der Waals surface area contributed by atoms with E-state index in [1.165, 1.54) is 90.6 Å². The Morgan fingerprint density at radius 2 is 0.898 bits per heavy atom. The maximum Gasteiger partial charge on any atom is 0.264 e. The SMILES string of the molecule is CCC[C@@H]1C(=O)N(C)[C@@H](CC(C)C)C(=O)N[C@H](C(C)C)C(=O)N(C)[C@H](CC(C)C)C(=O)N[C@H](C)C(=O)C[C@@H](C)C(=O)N(C)[C@H](CC(C)C)C(=O)N(C)[C@H](CC(C)C)C(=O)N(C)[C@H](C(C)C)C(=O)N(C)[C@H]([C@H](O[Si](C)(C)C(C)(C)C)[C@H](C)CCOS(C)(=O)=O)C(=O)N[C@H](CC)C(=O)N1C. The number of ketones is 1. The quantitative estimate of drug-likeness (QED) is 0.0773. The van der Waals surface area contributed by atoms with Gasteiger partial charge in [0.1, 0.15) is 54.4 Å². The highest BCUT2D eigenvalue weighted by Gasteiger charge is 2.50. The van der Waals surface area contributed by atoms with Gasteiger partial charge in [-0.15, -0.1) is 0 Å². The predicted octanol–water partition coefficient (Wildman–Crippen LogP) is 6.96. The molecular weight excluding hydrogens is 1290 g/mol. The number of nitrogens with one attached hydrogen (secondary N) is 3. The number of nitrogens with zero attached hydrogens (tertiary/aromatic N) is 7. The summed E-state index contributed by atoms with van der Waals surface area (Å²) < 4.78 is 37.3. The van der Waals surface area contributed by atoms with Gasteiger partial charge in [-0.05, 0) is 111 Å². The average molecular weight is 1430 g/mol. The van der Waals surface area contributed by atoms with Crippen molar-refractivity contribution in [2.24, 2.45) is 47.3 Å². The van der Waals surface area contributed by atoms with Gasteiger partial charge in [-0.2, -0.15) is 8.42 Å². The molecule has 13 atom stereocenters. The second-order valence-corrected chi connectivity index (χ2v) is 38.2. The molecule has 25 nitrogen and oxygen atoms in total. The summed E-state index contributed by atoms with van der Waals surface area (Å²) in [6.07, 6.45) is 0.475. The van der Waals surface area contributed by atoms with E-state index in [2.05, 4.69) is 16.0 Å². The van der Waals surface area contributed by atoms with E-state index in [0.29, 0.717) is 6.42 Å². The molecule has 1 heterocycles. The van der Waals surface area contributed by atoms with E-state index in [9.17, 15) is 32.4 Å². The third-order valence-electron chi connectivity index (χ3n) is 19.6. The molecular formula is C71H132N10O15SSi. The molecule has 0 saturated carbocycles. The number of carbonyl (C=O) groups excluding carboxylic acids is 11. The topological polar surface area (TPSA) is 299 Å². The van der Waals surface area contributed by atoms with Crippen LogP contribution in [0.3, 0.4) is 0 Å². The molecule has 0 aromatic rings. The van der Waals surface area contributed by atoms with Crippen LogP contribution in [0.25, 0.3) is 0 Å². The van der Waals surface area contributed by atoms with Gasteiger partial charge in [-0.3, -0.25) is 56.9 Å². The summed E-state index contributed by atoms with van der Waals surface area (Å²) >= 11 is 0. The summed E-state index contributed by atoms with van der Waals surface area (Å²) in [5.41, 5.74) is 0. The average Bonchev–Trinajstić information content (AvgIpc) is 0.788. The zero-order chi connectivity index (χ0) is 76.5. The van der Waals surface area contributed by atoms with Crippen LogP contribution in [0, 0.1) is 47.3 Å². The lowest BCUT2D eigenvalue weighted by atomic mass is 9.91. The Morgan fingerprint density at radius 1 is 0.500 bits per heavy atom. The Labute approximate surface area is 591 Å². The molecule has 1 saturated heterocycles. The summed E-state index contributed by atoms with van der Waals surface area (Å²) in [5.74, 6) is -10.5. The number of Topliss-reactive ketones (excluding diaryl/α,β-unsaturated/α-hetero) is 1. The summed E-state index contributed by atoms with van der Waals surface area (Å²) in [7, 11) is 3.26. The first kappa shape index (κ1) is 90.5. The Hall–Kier alpha value is -5.54. The summed E-state index contributed by atoms with van der Waals surface area (Å²) in [4.78, 5) is 175. The second kappa shape index (κ2) is 39.0. The Bertz CT molecular complexity index is 2830. The maximum atomic E-state index is 15.9. The molecule has 0 spiro atoms. The lowest BCUT2D eigenvalue weighted by Gasteiger charge is -2.46. The highest BCUT2D eigenvalue weighted by Crippen LogP contribution is 2.40. The van der Waals surface area contributed by atoms with Crippen LogP contribution in [0.5, 0.6) is 0 Å². The van der Waals surface area contributed by atoms with Gasteiger partial charge in [0.25, 0.3) is 10.1 Å². The maximum absolute atomic E-state index is 15.9. The molecule has 566 valence electrons. The molecule has 0 radical (unpaired) electrons. The van der Waals surface area contributed by atoms with Crippen LogP contribution in [0.2, 0.25) is 18.1 Å². The fourth-order valence-electron chi connectivity index (χ4n) is 12.4. The van der Waals surface area contributed by atoms with Gasteiger partial charge in [-0.1, -0.05) is 138 Å². The molecule has 98 heavy (non-hydrogen) atoms. The number of amides is 10. The smallest absolute Gasteiger partial charge is 0.264 e. The molecule has 1 aliphatic heterocycles. The van der Waals surface area contributed by atoms with Crippen LogP contribution in [0.15, 0.2) is 0 Å². The lowest BCUT2D eigenvalue weighted by Crippen LogP contribution is -2.65. The fraction of sp³-hybridized carbons (Fsp3) is 0.845. The van der Waals surface area contributed by atoms with E-state index in [0.717, 1.165) is 6.26 Å². The molecule has 1 fully saturated rings. The normalized spacial score (nSPS) is 26.2. The molecule has 3 N–H and O–H groups in total. The molecule has 0 aliphatic carbocycles. The van der Waals surface area contributed by atoms with Crippen molar-refractivity contribution in [1.82, 2.24) is 50.2 Å². The van der Waals surface area contributed by atoms with E-state index in [1.54, 1.807) is 48.5 Å². The second-order valence-electron chi connectivity index (χ2n) is 31.8. The van der Waals surface area contributed by atoms with Crippen molar-refractivity contribution in [3.63, 3.8) is 0 Å². The van der Waals surface area contributed by atoms with Crippen molar-refractivity contribution < 1.29 is 69.8 Å². The Balaban J connectivity index is 4.74. The van der Waals surface area contributed by atoms with Crippen LogP contribution in [-0.4, -0.2) is 245 Å². The Kier molecular flexibility index (Phi) is 36.0. The molecule has 0 bridgehead atoms. The zero-order valence-electron chi connectivity index (χ0n) is 65.7. The van der Waals surface area contributed by atoms with Gasteiger partial charge in [0.2, 0.25) is 59.1 Å². The van der Waals surface area contributed by atoms with Crippen molar-refractivity contribution in [3.05, 3.63) is 0 Å². The van der Waals surface area contributed by atoms with Crippen LogP contribution in [-0.2, 0) is 71.5 Å². The molecule has 1 aliphatic rings. The third kappa shape index (κ3) is 25.5. The van der Waals surface area contributed by atoms with Crippen LogP contribution in [0.1, 0.15) is 196 Å². The summed E-state index contributed by atoms with van der Waals surface area (Å²) in [5, 5.41) is 8.16. The van der Waals surface area contributed by atoms with Crippen LogP contribution >= 0.6 is 0 Å². The van der Waals surface area contributed by atoms with Crippen molar-refractivity contribution in [2.75, 3.05) is 62.2 Å². The standard InChI is InChI=1S/C71H132N10O15SSi/c1-31-33-51-66(88)76(22)53(37-42(5)6)62(84)74-57(45(11)12)69(91)77(23)52(36-41(3)4)61(83)72-49(17)56(82)40-48(16)64(86)78(24)54(38-43(7)8)67(89)79(25)55(39-44(9)10)68(90)80(26)58(46(13)14)70(92)81(27)59(63(85)73-50(32-2)65(87)75(51)21)60(96-98(29,30)71(18,19)20)47(15)34-35-95-97(28,93)94/h41-55,57-60H,31-40H2,1-30H3,(H,72,83)(H,73,85)(H,74,84)/t47-,48-,49-,50-,51-,52-,53+,54-,55-,57-,58-,59-,60-/m1/s1. The predicted molar refractivity (Wildman–Crippen MR) is 386 cm³/mol. The number of hydrogen-bond acceptors (Lipinski definition) is 15. The minimum Gasteiger partial charge on any atom is -0.411 e. The van der Waals surface area contributed by atoms with E-state index < -0.39 is 179 Å². The van der Waals surface area contributed by atoms with E-state index in [1.807, 2.05) is 96.2 Å². The van der Waals surface area contributed by atoms with Crippen LogP contribution in [0.4, 0.5) is 0 Å². The number of hydrogen-bond donors (Lipinski definition) is 3. The fourth-order valence-corrected chi connectivity index (χ4v) is 14.2. The van der Waals surface area contributed by atoms with Crippen molar-refractivity contribution in [2.45, 2.75) is 281 Å². The molecule has 0 aromatic carbocycles. The van der Waals surface area contributed by atoms with Gasteiger partial charge in [0, 0.05) is 61.7 Å². The number of likely N-dealkylation sites (N-methyl/N-ethyl adjacent to an activating group) is 7. The lowest BCUT2D eigenvalue weighted by molar-refractivity contribution is -0.157. The van der Waals surface area contributed by atoms with Crippen LogP contribution < -0.4 is 16.0 Å². The van der Waals surface area contributed by atoms with Crippen molar-refractivity contribution in [1.29, 1.82) is 0 Å². The number of carbonyl (C=O) groups is 11. The van der Waals surface area contributed by atoms with Crippen molar-refractivity contribution >= 4 is 83.3 Å². The van der Waals surface area contributed by atoms with Gasteiger partial charge < -0.3 is 54.7 Å². The molecule has 10 amide bonds. The van der Waals surface area contributed by atoms with E-state index in [4.69, 9.17) is 8.61 Å². The summed E-state index contributed by atoms with van der Waals surface area (Å²) in [6.45, 7) is 39.9. The van der Waals surface area contributed by atoms with E-state index in [-0.39, 0.29) is 81.6 Å². The van der Waals surface area contributed by atoms with Gasteiger partial charge >= 0.3 is 0 Å². The van der Waals surface area contributed by atoms with Crippen molar-refractivity contribution in [3.8, 4) is 0 Å². The molecule has 0 aromatic heterocycles.